The Hall–Kier alpha value is -2.28. The largest absolute Gasteiger partial charge is 0.454 e. The minimum absolute atomic E-state index is 0.0310. The van der Waals surface area contributed by atoms with Gasteiger partial charge in [0.25, 0.3) is 5.91 Å². The van der Waals surface area contributed by atoms with Crippen LogP contribution in [0.3, 0.4) is 0 Å². The number of amides is 2. The van der Waals surface area contributed by atoms with E-state index in [1.54, 1.807) is 23.1 Å². The van der Waals surface area contributed by atoms with Gasteiger partial charge in [0.15, 0.2) is 11.5 Å². The molecule has 2 heterocycles. The number of fused-ring (bicyclic) bond motifs is 1. The van der Waals surface area contributed by atoms with E-state index in [0.717, 1.165) is 13.0 Å². The van der Waals surface area contributed by atoms with Crippen LogP contribution in [-0.4, -0.2) is 68.7 Å². The van der Waals surface area contributed by atoms with Crippen LogP contribution >= 0.6 is 0 Å². The van der Waals surface area contributed by atoms with Gasteiger partial charge in [-0.25, -0.2) is 0 Å². The zero-order valence-corrected chi connectivity index (χ0v) is 14.1. The van der Waals surface area contributed by atoms with E-state index in [0.29, 0.717) is 36.7 Å². The van der Waals surface area contributed by atoms with Gasteiger partial charge in [0.1, 0.15) is 0 Å². The van der Waals surface area contributed by atoms with Crippen LogP contribution in [0.5, 0.6) is 11.5 Å². The van der Waals surface area contributed by atoms with Gasteiger partial charge >= 0.3 is 0 Å². The summed E-state index contributed by atoms with van der Waals surface area (Å²) in [7, 11) is 4.01. The normalized spacial score (nSPS) is 16.2. The summed E-state index contributed by atoms with van der Waals surface area (Å²) in [5.74, 6) is 1.09. The van der Waals surface area contributed by atoms with Crippen LogP contribution in [-0.2, 0) is 4.79 Å². The van der Waals surface area contributed by atoms with Gasteiger partial charge in [-0.3, -0.25) is 9.59 Å². The van der Waals surface area contributed by atoms with Crippen molar-refractivity contribution in [3.05, 3.63) is 23.8 Å². The maximum absolute atomic E-state index is 12.4. The molecule has 24 heavy (non-hydrogen) atoms. The van der Waals surface area contributed by atoms with E-state index in [9.17, 15) is 9.59 Å². The first-order valence-corrected chi connectivity index (χ1v) is 8.16. The van der Waals surface area contributed by atoms with Crippen LogP contribution in [0.2, 0.25) is 0 Å². The smallest absolute Gasteiger partial charge is 0.254 e. The second-order valence-electron chi connectivity index (χ2n) is 6.42. The van der Waals surface area contributed by atoms with Gasteiger partial charge in [-0.05, 0) is 45.3 Å². The third-order valence-corrected chi connectivity index (χ3v) is 4.24. The zero-order valence-electron chi connectivity index (χ0n) is 14.1. The lowest BCUT2D eigenvalue weighted by Gasteiger charge is -2.38. The lowest BCUT2D eigenvalue weighted by Crippen LogP contribution is -2.55. The molecule has 0 unspecified atom stereocenters. The molecule has 7 heteroatoms. The molecule has 0 bridgehead atoms. The SMILES string of the molecule is CN(C)CCCNC(=O)C1CN(C(=O)c2ccc3c(c2)OCO3)C1. The number of benzene rings is 1. The van der Waals surface area contributed by atoms with E-state index in [4.69, 9.17) is 9.47 Å². The first kappa shape index (κ1) is 16.6. The minimum Gasteiger partial charge on any atom is -0.454 e. The summed E-state index contributed by atoms with van der Waals surface area (Å²) in [6.07, 6.45) is 0.922. The van der Waals surface area contributed by atoms with E-state index >= 15 is 0 Å². The molecule has 2 amide bonds. The quantitative estimate of drug-likeness (QED) is 0.770. The van der Waals surface area contributed by atoms with E-state index in [2.05, 4.69) is 10.2 Å². The number of nitrogens with zero attached hydrogens (tertiary/aromatic N) is 2. The number of rotatable bonds is 6. The van der Waals surface area contributed by atoms with Crippen LogP contribution in [0, 0.1) is 5.92 Å². The Morgan fingerprint density at radius 3 is 2.75 bits per heavy atom. The van der Waals surface area contributed by atoms with Gasteiger partial charge in [-0.2, -0.15) is 0 Å². The minimum atomic E-state index is -0.109. The molecule has 3 rings (SSSR count). The molecule has 0 aromatic heterocycles. The Morgan fingerprint density at radius 2 is 2.00 bits per heavy atom. The first-order chi connectivity index (χ1) is 11.5. The summed E-state index contributed by atoms with van der Waals surface area (Å²) in [5, 5.41) is 2.93. The summed E-state index contributed by atoms with van der Waals surface area (Å²) >= 11 is 0. The van der Waals surface area contributed by atoms with Crippen LogP contribution in [0.25, 0.3) is 0 Å². The summed E-state index contributed by atoms with van der Waals surface area (Å²) in [4.78, 5) is 28.2. The van der Waals surface area contributed by atoms with Crippen molar-refractivity contribution in [3.8, 4) is 11.5 Å². The highest BCUT2D eigenvalue weighted by Crippen LogP contribution is 2.33. The Morgan fingerprint density at radius 1 is 1.25 bits per heavy atom. The molecule has 0 aliphatic carbocycles. The van der Waals surface area contributed by atoms with Crippen molar-refractivity contribution in [1.82, 2.24) is 15.1 Å². The molecule has 7 nitrogen and oxygen atoms in total. The van der Waals surface area contributed by atoms with Crippen LogP contribution < -0.4 is 14.8 Å². The van der Waals surface area contributed by atoms with E-state index in [1.807, 2.05) is 14.1 Å². The lowest BCUT2D eigenvalue weighted by atomic mass is 9.97. The third-order valence-electron chi connectivity index (χ3n) is 4.24. The van der Waals surface area contributed by atoms with Crippen molar-refractivity contribution in [1.29, 1.82) is 0 Å². The van der Waals surface area contributed by atoms with Crippen molar-refractivity contribution in [3.63, 3.8) is 0 Å². The number of hydrogen-bond acceptors (Lipinski definition) is 5. The monoisotopic (exact) mass is 333 g/mol. The van der Waals surface area contributed by atoms with Crippen molar-refractivity contribution in [2.24, 2.45) is 5.92 Å². The second kappa shape index (κ2) is 7.09. The maximum Gasteiger partial charge on any atom is 0.254 e. The number of ether oxygens (including phenoxy) is 2. The molecule has 2 aliphatic rings. The molecule has 0 saturated carbocycles. The van der Waals surface area contributed by atoms with Crippen molar-refractivity contribution < 1.29 is 19.1 Å². The van der Waals surface area contributed by atoms with Crippen molar-refractivity contribution >= 4 is 11.8 Å². The molecule has 0 radical (unpaired) electrons. The Bertz CT molecular complexity index is 626. The third kappa shape index (κ3) is 3.62. The van der Waals surface area contributed by atoms with Gasteiger partial charge in [-0.15, -0.1) is 0 Å². The molecule has 1 fully saturated rings. The number of nitrogens with one attached hydrogen (secondary N) is 1. The first-order valence-electron chi connectivity index (χ1n) is 8.16. The summed E-state index contributed by atoms with van der Waals surface area (Å²) in [6, 6.07) is 5.16. The molecule has 1 saturated heterocycles. The number of likely N-dealkylation sites (tertiary alicyclic amines) is 1. The molecule has 130 valence electrons. The Balaban J connectivity index is 1.44. The average molecular weight is 333 g/mol. The molecule has 1 aromatic rings. The summed E-state index contributed by atoms with van der Waals surface area (Å²) in [5.41, 5.74) is 0.559. The fraction of sp³-hybridized carbons (Fsp3) is 0.529. The highest BCUT2D eigenvalue weighted by Gasteiger charge is 2.36. The fourth-order valence-corrected chi connectivity index (χ4v) is 2.77. The highest BCUT2D eigenvalue weighted by atomic mass is 16.7. The van der Waals surface area contributed by atoms with E-state index in [-0.39, 0.29) is 24.5 Å². The predicted molar refractivity (Wildman–Crippen MR) is 88.1 cm³/mol. The number of hydrogen-bond donors (Lipinski definition) is 1. The van der Waals surface area contributed by atoms with Gasteiger partial charge in [0, 0.05) is 25.2 Å². The van der Waals surface area contributed by atoms with Crippen LogP contribution in [0.15, 0.2) is 18.2 Å². The average Bonchev–Trinajstić information content (AvgIpc) is 2.97. The molecule has 0 atom stereocenters. The van der Waals surface area contributed by atoms with Crippen molar-refractivity contribution in [2.75, 3.05) is 47.1 Å². The summed E-state index contributed by atoms with van der Waals surface area (Å²) < 4.78 is 10.5. The Kier molecular flexibility index (Phi) is 4.89. The molecule has 1 N–H and O–H groups in total. The standard InChI is InChI=1S/C17H23N3O4/c1-19(2)7-3-6-18-16(21)13-9-20(10-13)17(22)12-4-5-14-15(8-12)24-11-23-14/h4-5,8,13H,3,6-7,9-11H2,1-2H3,(H,18,21). The summed E-state index contributed by atoms with van der Waals surface area (Å²) in [6.45, 7) is 2.73. The molecular weight excluding hydrogens is 310 g/mol. The fourth-order valence-electron chi connectivity index (χ4n) is 2.77. The zero-order chi connectivity index (χ0) is 17.1. The Labute approximate surface area is 141 Å². The number of carbonyl (C=O) groups excluding carboxylic acids is 2. The van der Waals surface area contributed by atoms with Gasteiger partial charge in [0.2, 0.25) is 12.7 Å². The van der Waals surface area contributed by atoms with Crippen LogP contribution in [0.1, 0.15) is 16.8 Å². The van der Waals surface area contributed by atoms with Gasteiger partial charge in [-0.1, -0.05) is 0 Å². The molecule has 2 aliphatic heterocycles. The highest BCUT2D eigenvalue weighted by molar-refractivity contribution is 5.96. The topological polar surface area (TPSA) is 71.1 Å². The lowest BCUT2D eigenvalue weighted by molar-refractivity contribution is -0.128. The molecular formula is C17H23N3O4. The van der Waals surface area contributed by atoms with Crippen LogP contribution in [0.4, 0.5) is 0 Å². The molecule has 0 spiro atoms. The van der Waals surface area contributed by atoms with E-state index in [1.165, 1.54) is 0 Å². The van der Waals surface area contributed by atoms with E-state index < -0.39 is 0 Å². The van der Waals surface area contributed by atoms with Crippen molar-refractivity contribution in [2.45, 2.75) is 6.42 Å². The van der Waals surface area contributed by atoms with Gasteiger partial charge in [0.05, 0.1) is 5.92 Å². The molecule has 1 aromatic carbocycles. The number of carbonyl (C=O) groups is 2. The maximum atomic E-state index is 12.4. The van der Waals surface area contributed by atoms with Gasteiger partial charge < -0.3 is 24.6 Å². The predicted octanol–water partition coefficient (Wildman–Crippen LogP) is 0.555. The second-order valence-corrected chi connectivity index (χ2v) is 6.42.